The van der Waals surface area contributed by atoms with E-state index in [4.69, 9.17) is 32.5 Å². The summed E-state index contributed by atoms with van der Waals surface area (Å²) in [7, 11) is 0. The van der Waals surface area contributed by atoms with E-state index in [1.165, 1.54) is 6.20 Å². The van der Waals surface area contributed by atoms with Crippen LogP contribution < -0.4 is 0 Å². The summed E-state index contributed by atoms with van der Waals surface area (Å²) in [5.74, 6) is -0.259. The third-order valence-electron chi connectivity index (χ3n) is 2.24. The van der Waals surface area contributed by atoms with Gasteiger partial charge in [-0.3, -0.25) is 0 Å². The van der Waals surface area contributed by atoms with Crippen LogP contribution in [0.2, 0.25) is 10.0 Å². The van der Waals surface area contributed by atoms with Crippen LogP contribution >= 0.6 is 23.2 Å². The van der Waals surface area contributed by atoms with Gasteiger partial charge in [0, 0.05) is 10.6 Å². The van der Waals surface area contributed by atoms with Crippen LogP contribution in [0.4, 0.5) is 0 Å². The normalized spacial score (nSPS) is 10.4. The van der Waals surface area contributed by atoms with Gasteiger partial charge in [-0.05, 0) is 25.1 Å². The average molecular weight is 286 g/mol. The second-order valence-corrected chi connectivity index (χ2v) is 4.26. The highest BCUT2D eigenvalue weighted by molar-refractivity contribution is 6.35. The van der Waals surface area contributed by atoms with Gasteiger partial charge in [0.2, 0.25) is 0 Å². The number of benzene rings is 1. The Hall–Kier alpha value is -1.52. The molecule has 0 aliphatic rings. The van der Waals surface area contributed by atoms with Gasteiger partial charge in [0.25, 0.3) is 0 Å². The Morgan fingerprint density at radius 1 is 1.44 bits per heavy atom. The standard InChI is InChI=1S/C12H9Cl2NO3/c1-2-17-12(16)9-6-15-18-11(9)8-5-7(13)3-4-10(8)14/h3-6H,2H2,1H3. The van der Waals surface area contributed by atoms with Crippen LogP contribution in [0.3, 0.4) is 0 Å². The summed E-state index contributed by atoms with van der Waals surface area (Å²) in [5, 5.41) is 4.50. The van der Waals surface area contributed by atoms with Gasteiger partial charge >= 0.3 is 5.97 Å². The van der Waals surface area contributed by atoms with Crippen molar-refractivity contribution in [1.29, 1.82) is 0 Å². The summed E-state index contributed by atoms with van der Waals surface area (Å²) in [6.45, 7) is 1.99. The topological polar surface area (TPSA) is 52.3 Å². The third kappa shape index (κ3) is 2.49. The first-order chi connectivity index (χ1) is 8.63. The smallest absolute Gasteiger partial charge is 0.343 e. The van der Waals surface area contributed by atoms with Crippen LogP contribution in [-0.4, -0.2) is 17.7 Å². The first kappa shape index (κ1) is 12.9. The molecule has 0 spiro atoms. The fraction of sp³-hybridized carbons (Fsp3) is 0.167. The van der Waals surface area contributed by atoms with E-state index in [0.717, 1.165) is 0 Å². The van der Waals surface area contributed by atoms with Gasteiger partial charge in [0.15, 0.2) is 5.76 Å². The lowest BCUT2D eigenvalue weighted by Gasteiger charge is -2.04. The molecule has 94 valence electrons. The highest BCUT2D eigenvalue weighted by Crippen LogP contribution is 2.32. The first-order valence-electron chi connectivity index (χ1n) is 5.20. The molecule has 0 amide bonds. The molecule has 0 aliphatic heterocycles. The number of ether oxygens (including phenoxy) is 1. The zero-order chi connectivity index (χ0) is 13.1. The maximum absolute atomic E-state index is 11.7. The molecular weight excluding hydrogens is 277 g/mol. The number of rotatable bonds is 3. The fourth-order valence-corrected chi connectivity index (χ4v) is 1.84. The number of halogens is 2. The number of carbonyl (C=O) groups excluding carboxylic acids is 1. The molecule has 4 nitrogen and oxygen atoms in total. The van der Waals surface area contributed by atoms with Gasteiger partial charge in [-0.25, -0.2) is 4.79 Å². The minimum atomic E-state index is -0.509. The maximum Gasteiger partial charge on any atom is 0.343 e. The second kappa shape index (κ2) is 5.42. The van der Waals surface area contributed by atoms with E-state index < -0.39 is 5.97 Å². The predicted octanol–water partition coefficient (Wildman–Crippen LogP) is 3.83. The summed E-state index contributed by atoms with van der Waals surface area (Å²) in [6.07, 6.45) is 1.30. The largest absolute Gasteiger partial charge is 0.462 e. The van der Waals surface area contributed by atoms with Crippen LogP contribution in [-0.2, 0) is 4.74 Å². The van der Waals surface area contributed by atoms with Gasteiger partial charge in [-0.2, -0.15) is 0 Å². The van der Waals surface area contributed by atoms with Gasteiger partial charge in [-0.1, -0.05) is 28.4 Å². The highest BCUT2D eigenvalue weighted by atomic mass is 35.5. The SMILES string of the molecule is CCOC(=O)c1cnoc1-c1cc(Cl)ccc1Cl. The van der Waals surface area contributed by atoms with Crippen molar-refractivity contribution in [2.75, 3.05) is 6.61 Å². The van der Waals surface area contributed by atoms with Crippen molar-refractivity contribution in [3.05, 3.63) is 40.0 Å². The van der Waals surface area contributed by atoms with Gasteiger partial charge in [0.05, 0.1) is 17.8 Å². The second-order valence-electron chi connectivity index (χ2n) is 3.41. The number of nitrogens with zero attached hydrogens (tertiary/aromatic N) is 1. The summed E-state index contributed by atoms with van der Waals surface area (Å²) in [5.41, 5.74) is 0.728. The number of hydrogen-bond donors (Lipinski definition) is 0. The summed E-state index contributed by atoms with van der Waals surface area (Å²) >= 11 is 11.9. The molecule has 1 heterocycles. The molecule has 0 aliphatic carbocycles. The molecule has 0 N–H and O–H groups in total. The number of aromatic nitrogens is 1. The molecule has 1 aromatic heterocycles. The van der Waals surface area contributed by atoms with E-state index in [9.17, 15) is 4.79 Å². The van der Waals surface area contributed by atoms with E-state index in [0.29, 0.717) is 15.6 Å². The Bertz CT molecular complexity index is 580. The zero-order valence-electron chi connectivity index (χ0n) is 9.44. The van der Waals surface area contributed by atoms with Crippen molar-refractivity contribution in [1.82, 2.24) is 5.16 Å². The molecule has 2 rings (SSSR count). The van der Waals surface area contributed by atoms with Crippen molar-refractivity contribution in [3.63, 3.8) is 0 Å². The van der Waals surface area contributed by atoms with Crippen molar-refractivity contribution in [2.24, 2.45) is 0 Å². The molecule has 0 fully saturated rings. The third-order valence-corrected chi connectivity index (χ3v) is 2.80. The van der Waals surface area contributed by atoms with Crippen LogP contribution in [0.1, 0.15) is 17.3 Å². The fourth-order valence-electron chi connectivity index (χ4n) is 1.46. The zero-order valence-corrected chi connectivity index (χ0v) is 11.0. The van der Waals surface area contributed by atoms with E-state index >= 15 is 0 Å². The lowest BCUT2D eigenvalue weighted by Crippen LogP contribution is -2.04. The van der Waals surface area contributed by atoms with E-state index in [1.54, 1.807) is 25.1 Å². The van der Waals surface area contributed by atoms with E-state index in [-0.39, 0.29) is 17.9 Å². The van der Waals surface area contributed by atoms with Crippen molar-refractivity contribution < 1.29 is 14.1 Å². The van der Waals surface area contributed by atoms with Crippen LogP contribution in [0.5, 0.6) is 0 Å². The lowest BCUT2D eigenvalue weighted by atomic mass is 10.1. The minimum Gasteiger partial charge on any atom is -0.462 e. The highest BCUT2D eigenvalue weighted by Gasteiger charge is 2.20. The summed E-state index contributed by atoms with van der Waals surface area (Å²) in [4.78, 5) is 11.7. The molecular formula is C12H9Cl2NO3. The molecule has 0 radical (unpaired) electrons. The quantitative estimate of drug-likeness (QED) is 0.805. The predicted molar refractivity (Wildman–Crippen MR) is 67.9 cm³/mol. The Balaban J connectivity index is 2.48. The molecule has 2 aromatic rings. The molecule has 1 aromatic carbocycles. The minimum absolute atomic E-state index is 0.223. The Morgan fingerprint density at radius 3 is 2.94 bits per heavy atom. The van der Waals surface area contributed by atoms with Gasteiger partial charge in [-0.15, -0.1) is 0 Å². The maximum atomic E-state index is 11.7. The summed E-state index contributed by atoms with van der Waals surface area (Å²) < 4.78 is 9.96. The first-order valence-corrected chi connectivity index (χ1v) is 5.96. The number of hydrogen-bond acceptors (Lipinski definition) is 4. The molecule has 0 unspecified atom stereocenters. The molecule has 0 bridgehead atoms. The van der Waals surface area contributed by atoms with Crippen LogP contribution in [0.25, 0.3) is 11.3 Å². The average Bonchev–Trinajstić information content (AvgIpc) is 2.81. The molecule has 18 heavy (non-hydrogen) atoms. The number of esters is 1. The van der Waals surface area contributed by atoms with Crippen LogP contribution in [0, 0.1) is 0 Å². The monoisotopic (exact) mass is 285 g/mol. The molecule has 6 heteroatoms. The molecule has 0 atom stereocenters. The van der Waals surface area contributed by atoms with Crippen LogP contribution in [0.15, 0.2) is 28.9 Å². The Kier molecular flexibility index (Phi) is 3.89. The van der Waals surface area contributed by atoms with Gasteiger partial charge in [0.1, 0.15) is 5.56 Å². The molecule has 0 saturated carbocycles. The summed E-state index contributed by atoms with van der Waals surface area (Å²) in [6, 6.07) is 4.87. The van der Waals surface area contributed by atoms with E-state index in [1.807, 2.05) is 0 Å². The van der Waals surface area contributed by atoms with Crippen molar-refractivity contribution >= 4 is 29.2 Å². The van der Waals surface area contributed by atoms with E-state index in [2.05, 4.69) is 5.16 Å². The van der Waals surface area contributed by atoms with Crippen molar-refractivity contribution in [3.8, 4) is 11.3 Å². The molecule has 0 saturated heterocycles. The van der Waals surface area contributed by atoms with Gasteiger partial charge < -0.3 is 9.26 Å². The number of carbonyl (C=O) groups is 1. The Morgan fingerprint density at radius 2 is 2.22 bits per heavy atom. The van der Waals surface area contributed by atoms with Crippen molar-refractivity contribution in [2.45, 2.75) is 6.92 Å². The Labute approximate surface area is 113 Å². The lowest BCUT2D eigenvalue weighted by molar-refractivity contribution is 0.0527.